The first-order chi connectivity index (χ1) is 6.92. The summed E-state index contributed by atoms with van der Waals surface area (Å²) in [5, 5.41) is 0. The Labute approximate surface area is 97.2 Å². The normalized spacial score (nSPS) is 19.7. The maximum absolute atomic E-state index is 5.21. The Balaban J connectivity index is 2.24. The first-order valence-corrected chi connectivity index (χ1v) is 5.78. The summed E-state index contributed by atoms with van der Waals surface area (Å²) >= 11 is 4.64. The van der Waals surface area contributed by atoms with E-state index < -0.39 is 0 Å². The van der Waals surface area contributed by atoms with Gasteiger partial charge in [-0.25, -0.2) is 0 Å². The average molecular weight is 222 g/mol. The highest BCUT2D eigenvalue weighted by Gasteiger charge is 2.36. The van der Waals surface area contributed by atoms with Crippen LogP contribution in [-0.2, 0) is 14.9 Å². The van der Waals surface area contributed by atoms with Gasteiger partial charge in [0.15, 0.2) is 0 Å². The highest BCUT2D eigenvalue weighted by molar-refractivity contribution is 7.81. The third-order valence-corrected chi connectivity index (χ3v) is 3.49. The van der Waals surface area contributed by atoms with Gasteiger partial charge in [-0.1, -0.05) is 45.0 Å². The van der Waals surface area contributed by atoms with Gasteiger partial charge in [-0.05, 0) is 16.5 Å². The fourth-order valence-electron chi connectivity index (χ4n) is 1.74. The summed E-state index contributed by atoms with van der Waals surface area (Å²) in [5.41, 5.74) is 2.85. The molecule has 2 rings (SSSR count). The van der Waals surface area contributed by atoms with E-state index >= 15 is 0 Å². The predicted octanol–water partition coefficient (Wildman–Crippen LogP) is 3.14. The van der Waals surface area contributed by atoms with E-state index in [1.165, 1.54) is 11.1 Å². The second-order valence-corrected chi connectivity index (χ2v) is 6.21. The molecule has 1 aromatic carbocycles. The SMILES string of the molecule is CC(C)(C)c1ccc(C2(S)COC2)cc1. The third-order valence-electron chi connectivity index (χ3n) is 2.97. The highest BCUT2D eigenvalue weighted by atomic mass is 32.1. The van der Waals surface area contributed by atoms with Crippen molar-refractivity contribution in [2.75, 3.05) is 13.2 Å². The molecular formula is C13H18OS. The summed E-state index contributed by atoms with van der Waals surface area (Å²) in [6.07, 6.45) is 0. The molecule has 0 aliphatic carbocycles. The second kappa shape index (κ2) is 3.53. The van der Waals surface area contributed by atoms with Gasteiger partial charge in [0.1, 0.15) is 0 Å². The van der Waals surface area contributed by atoms with Gasteiger partial charge in [0, 0.05) is 0 Å². The van der Waals surface area contributed by atoms with E-state index in [0.717, 1.165) is 13.2 Å². The van der Waals surface area contributed by atoms with Crippen LogP contribution in [0.15, 0.2) is 24.3 Å². The quantitative estimate of drug-likeness (QED) is 0.718. The number of hydrogen-bond donors (Lipinski definition) is 1. The molecule has 0 spiro atoms. The van der Waals surface area contributed by atoms with Crippen LogP contribution in [0.25, 0.3) is 0 Å². The van der Waals surface area contributed by atoms with Gasteiger partial charge < -0.3 is 4.74 Å². The first kappa shape index (κ1) is 11.0. The fourth-order valence-corrected chi connectivity index (χ4v) is 2.07. The maximum atomic E-state index is 5.21. The summed E-state index contributed by atoms with van der Waals surface area (Å²) in [5.74, 6) is 0. The van der Waals surface area contributed by atoms with Gasteiger partial charge >= 0.3 is 0 Å². The summed E-state index contributed by atoms with van der Waals surface area (Å²) in [4.78, 5) is 0. The topological polar surface area (TPSA) is 9.23 Å². The number of thiol groups is 1. The molecule has 0 unspecified atom stereocenters. The minimum Gasteiger partial charge on any atom is -0.378 e. The molecule has 0 bridgehead atoms. The zero-order valence-corrected chi connectivity index (χ0v) is 10.5. The molecule has 0 N–H and O–H groups in total. The van der Waals surface area contributed by atoms with Crippen molar-refractivity contribution in [3.63, 3.8) is 0 Å². The number of benzene rings is 1. The smallest absolute Gasteiger partial charge is 0.0844 e. The fraction of sp³-hybridized carbons (Fsp3) is 0.538. The maximum Gasteiger partial charge on any atom is 0.0844 e. The Morgan fingerprint density at radius 1 is 1.13 bits per heavy atom. The average Bonchev–Trinajstić information content (AvgIpc) is 2.13. The summed E-state index contributed by atoms with van der Waals surface area (Å²) in [6.45, 7) is 8.14. The van der Waals surface area contributed by atoms with Gasteiger partial charge in [0.05, 0.1) is 18.0 Å². The van der Waals surface area contributed by atoms with Gasteiger partial charge in [-0.15, -0.1) is 0 Å². The Morgan fingerprint density at radius 3 is 2.00 bits per heavy atom. The minimum absolute atomic E-state index is 0.0452. The van der Waals surface area contributed by atoms with Crippen molar-refractivity contribution in [3.05, 3.63) is 35.4 Å². The molecule has 0 aromatic heterocycles. The summed E-state index contributed by atoms with van der Waals surface area (Å²) < 4.78 is 5.17. The molecule has 0 amide bonds. The summed E-state index contributed by atoms with van der Waals surface area (Å²) in [7, 11) is 0. The molecule has 1 fully saturated rings. The van der Waals surface area contributed by atoms with E-state index in [2.05, 4.69) is 57.7 Å². The van der Waals surface area contributed by atoms with Crippen LogP contribution in [0.5, 0.6) is 0 Å². The van der Waals surface area contributed by atoms with Crippen LogP contribution in [0, 0.1) is 0 Å². The number of hydrogen-bond acceptors (Lipinski definition) is 2. The van der Waals surface area contributed by atoms with Crippen LogP contribution in [0.2, 0.25) is 0 Å². The van der Waals surface area contributed by atoms with E-state index in [-0.39, 0.29) is 10.2 Å². The molecule has 1 heterocycles. The molecule has 2 heteroatoms. The molecule has 0 atom stereocenters. The summed E-state index contributed by atoms with van der Waals surface area (Å²) in [6, 6.07) is 8.75. The van der Waals surface area contributed by atoms with E-state index in [1.807, 2.05) is 0 Å². The van der Waals surface area contributed by atoms with Crippen molar-refractivity contribution in [2.45, 2.75) is 30.9 Å². The standard InChI is InChI=1S/C13H18OS/c1-12(2,3)10-4-6-11(7-5-10)13(15)8-14-9-13/h4-7,15H,8-9H2,1-3H3. The van der Waals surface area contributed by atoms with Crippen LogP contribution in [0.1, 0.15) is 31.9 Å². The van der Waals surface area contributed by atoms with Crippen molar-refractivity contribution in [2.24, 2.45) is 0 Å². The number of rotatable bonds is 1. The van der Waals surface area contributed by atoms with Gasteiger partial charge in [0.2, 0.25) is 0 Å². The van der Waals surface area contributed by atoms with E-state index in [4.69, 9.17) is 4.74 Å². The molecule has 1 aromatic rings. The molecule has 0 radical (unpaired) electrons. The number of ether oxygens (including phenoxy) is 1. The zero-order valence-electron chi connectivity index (χ0n) is 9.58. The largest absolute Gasteiger partial charge is 0.378 e. The van der Waals surface area contributed by atoms with Gasteiger partial charge in [0.25, 0.3) is 0 Å². The molecule has 15 heavy (non-hydrogen) atoms. The van der Waals surface area contributed by atoms with Crippen LogP contribution >= 0.6 is 12.6 Å². The van der Waals surface area contributed by atoms with Crippen LogP contribution in [-0.4, -0.2) is 13.2 Å². The minimum atomic E-state index is -0.0452. The predicted molar refractivity (Wildman–Crippen MR) is 66.6 cm³/mol. The zero-order chi connectivity index (χ0) is 11.1. The Hall–Kier alpha value is -0.470. The van der Waals surface area contributed by atoms with Gasteiger partial charge in [-0.3, -0.25) is 0 Å². The molecular weight excluding hydrogens is 204 g/mol. The first-order valence-electron chi connectivity index (χ1n) is 5.33. The third kappa shape index (κ3) is 2.06. The molecule has 0 saturated carbocycles. The molecule has 1 aliphatic heterocycles. The van der Waals surface area contributed by atoms with Crippen molar-refractivity contribution in [3.8, 4) is 0 Å². The lowest BCUT2D eigenvalue weighted by atomic mass is 9.85. The second-order valence-electron chi connectivity index (χ2n) is 5.35. The van der Waals surface area contributed by atoms with Crippen LogP contribution < -0.4 is 0 Å². The van der Waals surface area contributed by atoms with E-state index in [9.17, 15) is 0 Å². The van der Waals surface area contributed by atoms with E-state index in [0.29, 0.717) is 0 Å². The molecule has 82 valence electrons. The van der Waals surface area contributed by atoms with Gasteiger partial charge in [-0.2, -0.15) is 12.6 Å². The lowest BCUT2D eigenvalue weighted by Gasteiger charge is -2.37. The van der Waals surface area contributed by atoms with Crippen molar-refractivity contribution < 1.29 is 4.74 Å². The lowest BCUT2D eigenvalue weighted by Crippen LogP contribution is -2.41. The lowest BCUT2D eigenvalue weighted by molar-refractivity contribution is -0.00970. The molecule has 1 aliphatic rings. The molecule has 1 nitrogen and oxygen atoms in total. The van der Waals surface area contributed by atoms with Crippen LogP contribution in [0.4, 0.5) is 0 Å². The van der Waals surface area contributed by atoms with Crippen molar-refractivity contribution in [1.29, 1.82) is 0 Å². The van der Waals surface area contributed by atoms with Crippen LogP contribution in [0.3, 0.4) is 0 Å². The highest BCUT2D eigenvalue weighted by Crippen LogP contribution is 2.36. The molecule has 1 saturated heterocycles. The van der Waals surface area contributed by atoms with Crippen molar-refractivity contribution in [1.82, 2.24) is 0 Å². The van der Waals surface area contributed by atoms with Crippen molar-refractivity contribution >= 4 is 12.6 Å². The van der Waals surface area contributed by atoms with E-state index in [1.54, 1.807) is 0 Å². The Morgan fingerprint density at radius 2 is 1.67 bits per heavy atom. The Kier molecular flexibility index (Phi) is 2.60. The Bertz CT molecular complexity index is 344. The monoisotopic (exact) mass is 222 g/mol.